The van der Waals surface area contributed by atoms with E-state index in [-0.39, 0.29) is 11.6 Å². The summed E-state index contributed by atoms with van der Waals surface area (Å²) in [5, 5.41) is 7.22. The Balaban J connectivity index is 2.22. The highest BCUT2D eigenvalue weighted by Crippen LogP contribution is 2.34. The number of anilines is 1. The summed E-state index contributed by atoms with van der Waals surface area (Å²) in [4.78, 5) is 0. The van der Waals surface area contributed by atoms with Gasteiger partial charge in [0.1, 0.15) is 0 Å². The smallest absolute Gasteiger partial charge is 0.380 e. The first-order valence-corrected chi connectivity index (χ1v) is 6.71. The fraction of sp³-hybridized carbons (Fsp3) is 0.400. The second-order valence-corrected chi connectivity index (χ2v) is 5.26. The topological polar surface area (TPSA) is 29.9 Å². The summed E-state index contributed by atoms with van der Waals surface area (Å²) < 4.78 is 40.5. The van der Waals surface area contributed by atoms with Crippen LogP contribution in [0.4, 0.5) is 18.9 Å². The number of para-hydroxylation sites is 1. The number of aromatic nitrogens is 2. The Kier molecular flexibility index (Phi) is 4.25. The highest BCUT2D eigenvalue weighted by Gasteiger charge is 2.33. The first-order chi connectivity index (χ1) is 9.79. The summed E-state index contributed by atoms with van der Waals surface area (Å²) >= 11 is 0. The average Bonchev–Trinajstić information content (AvgIpc) is 2.77. The van der Waals surface area contributed by atoms with E-state index in [1.807, 2.05) is 20.0 Å². The Hall–Kier alpha value is -1.98. The third kappa shape index (κ3) is 3.56. The zero-order chi connectivity index (χ0) is 15.6. The van der Waals surface area contributed by atoms with Crippen molar-refractivity contribution in [3.63, 3.8) is 0 Å². The lowest BCUT2D eigenvalue weighted by Crippen LogP contribution is -2.11. The van der Waals surface area contributed by atoms with Crippen molar-refractivity contribution in [2.45, 2.75) is 32.5 Å². The normalized spacial score (nSPS) is 12.0. The van der Waals surface area contributed by atoms with Crippen LogP contribution in [0.2, 0.25) is 0 Å². The fourth-order valence-electron chi connectivity index (χ4n) is 2.25. The van der Waals surface area contributed by atoms with Crippen molar-refractivity contribution in [3.05, 3.63) is 47.3 Å². The Labute approximate surface area is 121 Å². The van der Waals surface area contributed by atoms with Gasteiger partial charge >= 0.3 is 6.18 Å². The van der Waals surface area contributed by atoms with Crippen LogP contribution in [-0.4, -0.2) is 9.78 Å². The van der Waals surface area contributed by atoms with E-state index >= 15 is 0 Å². The molecule has 0 unspecified atom stereocenters. The van der Waals surface area contributed by atoms with E-state index in [1.165, 1.54) is 12.1 Å². The molecule has 0 fully saturated rings. The molecule has 0 saturated carbocycles. The van der Waals surface area contributed by atoms with Crippen molar-refractivity contribution in [1.29, 1.82) is 0 Å². The number of nitrogens with zero attached hydrogens (tertiary/aromatic N) is 2. The minimum Gasteiger partial charge on any atom is -0.380 e. The van der Waals surface area contributed by atoms with Gasteiger partial charge in [0, 0.05) is 31.0 Å². The fourth-order valence-corrected chi connectivity index (χ4v) is 2.25. The van der Waals surface area contributed by atoms with Gasteiger partial charge in [0.2, 0.25) is 0 Å². The molecular weight excluding hydrogens is 279 g/mol. The predicted octanol–water partition coefficient (Wildman–Crippen LogP) is 4.17. The van der Waals surface area contributed by atoms with Gasteiger partial charge in [0.05, 0.1) is 11.3 Å². The molecule has 2 aromatic rings. The highest BCUT2D eigenvalue weighted by molar-refractivity contribution is 5.53. The quantitative estimate of drug-likeness (QED) is 0.917. The molecule has 1 aromatic heterocycles. The molecule has 0 aliphatic heterocycles. The van der Waals surface area contributed by atoms with Crippen LogP contribution in [0.3, 0.4) is 0 Å². The average molecular weight is 297 g/mol. The predicted molar refractivity (Wildman–Crippen MR) is 76.1 cm³/mol. The van der Waals surface area contributed by atoms with Gasteiger partial charge in [-0.1, -0.05) is 26.0 Å². The highest BCUT2D eigenvalue weighted by atomic mass is 19.4. The monoisotopic (exact) mass is 297 g/mol. The number of benzene rings is 1. The largest absolute Gasteiger partial charge is 0.418 e. The van der Waals surface area contributed by atoms with Crippen molar-refractivity contribution < 1.29 is 13.2 Å². The molecular formula is C15H18F3N3. The number of rotatable bonds is 4. The molecule has 1 N–H and O–H groups in total. The second-order valence-electron chi connectivity index (χ2n) is 5.26. The van der Waals surface area contributed by atoms with Crippen LogP contribution >= 0.6 is 0 Å². The van der Waals surface area contributed by atoms with Crippen LogP contribution < -0.4 is 5.32 Å². The molecule has 3 nitrogen and oxygen atoms in total. The number of alkyl halides is 3. The van der Waals surface area contributed by atoms with Crippen LogP contribution in [0.15, 0.2) is 30.5 Å². The summed E-state index contributed by atoms with van der Waals surface area (Å²) in [5.74, 6) is 0.223. The van der Waals surface area contributed by atoms with E-state index in [4.69, 9.17) is 0 Å². The third-order valence-corrected chi connectivity index (χ3v) is 3.19. The number of hydrogen-bond donors (Lipinski definition) is 1. The van der Waals surface area contributed by atoms with Crippen molar-refractivity contribution in [2.75, 3.05) is 5.32 Å². The Morgan fingerprint density at radius 2 is 1.90 bits per heavy atom. The van der Waals surface area contributed by atoms with Gasteiger partial charge in [-0.15, -0.1) is 0 Å². The molecule has 0 aliphatic carbocycles. The van der Waals surface area contributed by atoms with Crippen LogP contribution in [-0.2, 0) is 19.8 Å². The molecule has 0 amide bonds. The molecule has 0 spiro atoms. The van der Waals surface area contributed by atoms with Gasteiger partial charge in [0.15, 0.2) is 0 Å². The molecule has 0 saturated heterocycles. The lowest BCUT2D eigenvalue weighted by atomic mass is 10.1. The molecule has 21 heavy (non-hydrogen) atoms. The van der Waals surface area contributed by atoms with Crippen molar-refractivity contribution in [3.8, 4) is 0 Å². The van der Waals surface area contributed by atoms with Gasteiger partial charge in [-0.2, -0.15) is 18.3 Å². The first-order valence-electron chi connectivity index (χ1n) is 6.71. The van der Waals surface area contributed by atoms with E-state index in [0.717, 1.165) is 17.3 Å². The van der Waals surface area contributed by atoms with E-state index < -0.39 is 11.7 Å². The minimum absolute atomic E-state index is 0.0866. The Morgan fingerprint density at radius 1 is 1.24 bits per heavy atom. The Bertz CT molecular complexity index is 615. The summed E-state index contributed by atoms with van der Waals surface area (Å²) in [6.45, 7) is 4.33. The summed E-state index contributed by atoms with van der Waals surface area (Å²) in [6, 6.07) is 5.49. The summed E-state index contributed by atoms with van der Waals surface area (Å²) in [6.07, 6.45) is -2.53. The molecule has 1 heterocycles. The number of halogens is 3. The maximum Gasteiger partial charge on any atom is 0.418 e. The van der Waals surface area contributed by atoms with Gasteiger partial charge in [-0.3, -0.25) is 4.68 Å². The molecule has 0 atom stereocenters. The molecule has 0 aliphatic rings. The van der Waals surface area contributed by atoms with Crippen LogP contribution in [0.5, 0.6) is 0 Å². The SMILES string of the molecule is CC(C)c1nn(C)cc1CNc1ccccc1C(F)(F)F. The number of nitrogens with one attached hydrogen (secondary N) is 1. The van der Waals surface area contributed by atoms with E-state index in [1.54, 1.807) is 17.8 Å². The number of hydrogen-bond acceptors (Lipinski definition) is 2. The Morgan fingerprint density at radius 3 is 2.52 bits per heavy atom. The van der Waals surface area contributed by atoms with Crippen LogP contribution in [0.1, 0.15) is 36.6 Å². The van der Waals surface area contributed by atoms with Crippen molar-refractivity contribution in [1.82, 2.24) is 9.78 Å². The van der Waals surface area contributed by atoms with Crippen molar-refractivity contribution in [2.24, 2.45) is 7.05 Å². The lowest BCUT2D eigenvalue weighted by Gasteiger charge is -2.14. The summed E-state index contributed by atoms with van der Waals surface area (Å²) in [7, 11) is 1.80. The van der Waals surface area contributed by atoms with E-state index in [9.17, 15) is 13.2 Å². The van der Waals surface area contributed by atoms with Crippen LogP contribution in [0.25, 0.3) is 0 Å². The standard InChI is InChI=1S/C15H18F3N3/c1-10(2)14-11(9-21(3)20-14)8-19-13-7-5-4-6-12(13)15(16,17)18/h4-7,9-10,19H,8H2,1-3H3. The molecule has 6 heteroatoms. The van der Waals surface area contributed by atoms with E-state index in [0.29, 0.717) is 6.54 Å². The summed E-state index contributed by atoms with van der Waals surface area (Å²) in [5.41, 5.74) is 1.24. The maximum absolute atomic E-state index is 12.9. The van der Waals surface area contributed by atoms with E-state index in [2.05, 4.69) is 10.4 Å². The van der Waals surface area contributed by atoms with Crippen LogP contribution in [0, 0.1) is 0 Å². The molecule has 114 valence electrons. The zero-order valence-electron chi connectivity index (χ0n) is 12.2. The van der Waals surface area contributed by atoms with Gasteiger partial charge in [-0.25, -0.2) is 0 Å². The van der Waals surface area contributed by atoms with Gasteiger partial charge < -0.3 is 5.32 Å². The lowest BCUT2D eigenvalue weighted by molar-refractivity contribution is -0.136. The van der Waals surface area contributed by atoms with Gasteiger partial charge in [-0.05, 0) is 18.1 Å². The third-order valence-electron chi connectivity index (χ3n) is 3.19. The minimum atomic E-state index is -4.36. The zero-order valence-corrected chi connectivity index (χ0v) is 12.2. The second kappa shape index (κ2) is 5.79. The molecule has 0 radical (unpaired) electrons. The first kappa shape index (κ1) is 15.4. The molecule has 1 aromatic carbocycles. The number of aryl methyl sites for hydroxylation is 1. The molecule has 0 bridgehead atoms. The maximum atomic E-state index is 12.9. The van der Waals surface area contributed by atoms with Gasteiger partial charge in [0.25, 0.3) is 0 Å². The molecule has 2 rings (SSSR count). The van der Waals surface area contributed by atoms with Crippen molar-refractivity contribution >= 4 is 5.69 Å².